The third-order valence-electron chi connectivity index (χ3n) is 4.56. The number of aromatic nitrogens is 2. The van der Waals surface area contributed by atoms with Gasteiger partial charge in [-0.25, -0.2) is 0 Å². The Kier molecular flexibility index (Phi) is 3.86. The van der Waals surface area contributed by atoms with E-state index >= 15 is 0 Å². The zero-order chi connectivity index (χ0) is 13.1. The fourth-order valence-corrected chi connectivity index (χ4v) is 3.44. The van der Waals surface area contributed by atoms with Crippen molar-refractivity contribution in [2.24, 2.45) is 5.92 Å². The molecule has 0 spiro atoms. The van der Waals surface area contributed by atoms with Crippen LogP contribution in [0.15, 0.2) is 18.5 Å². The second kappa shape index (κ2) is 5.77. The lowest BCUT2D eigenvalue weighted by Crippen LogP contribution is -2.13. The molecule has 0 radical (unpaired) electrons. The van der Waals surface area contributed by atoms with Crippen LogP contribution in [0.4, 0.5) is 0 Å². The van der Waals surface area contributed by atoms with E-state index < -0.39 is 0 Å². The number of fused-ring (bicyclic) bond motifs is 3. The Hall–Kier alpha value is -1.31. The molecule has 2 nitrogen and oxygen atoms in total. The molecule has 2 heteroatoms. The molecule has 0 aromatic carbocycles. The molecule has 0 bridgehead atoms. The standard InChI is InChI=1S/C17H24N2/c1-2-3-4-5-6-13-7-8-16-14(11-13)15-12-18-10-9-17(15)19-16/h9-10,12-13,19H,2-8,11H2,1H3. The highest BCUT2D eigenvalue weighted by atomic mass is 14.7. The first-order valence-electron chi connectivity index (χ1n) is 7.82. The number of aryl methyl sites for hydroxylation is 1. The molecule has 1 aliphatic rings. The van der Waals surface area contributed by atoms with Gasteiger partial charge >= 0.3 is 0 Å². The van der Waals surface area contributed by atoms with Crippen molar-refractivity contribution < 1.29 is 0 Å². The molecule has 19 heavy (non-hydrogen) atoms. The summed E-state index contributed by atoms with van der Waals surface area (Å²) < 4.78 is 0. The number of hydrogen-bond donors (Lipinski definition) is 1. The Morgan fingerprint density at radius 2 is 2.26 bits per heavy atom. The minimum atomic E-state index is 0.892. The van der Waals surface area contributed by atoms with Crippen LogP contribution in [0.3, 0.4) is 0 Å². The van der Waals surface area contributed by atoms with Crippen LogP contribution in [0.5, 0.6) is 0 Å². The van der Waals surface area contributed by atoms with Crippen LogP contribution < -0.4 is 0 Å². The molecule has 0 aliphatic heterocycles. The highest BCUT2D eigenvalue weighted by Crippen LogP contribution is 2.33. The number of unbranched alkanes of at least 4 members (excludes halogenated alkanes) is 3. The molecule has 1 atom stereocenters. The van der Waals surface area contributed by atoms with Gasteiger partial charge in [0.2, 0.25) is 0 Å². The summed E-state index contributed by atoms with van der Waals surface area (Å²) in [7, 11) is 0. The SMILES string of the molecule is CCCCCCC1CCc2[nH]c3ccncc3c2C1. The normalized spacial score (nSPS) is 18.7. The van der Waals surface area contributed by atoms with E-state index in [2.05, 4.69) is 23.0 Å². The van der Waals surface area contributed by atoms with Gasteiger partial charge in [-0.1, -0.05) is 39.0 Å². The summed E-state index contributed by atoms with van der Waals surface area (Å²) in [5, 5.41) is 1.36. The largest absolute Gasteiger partial charge is 0.358 e. The van der Waals surface area contributed by atoms with E-state index in [1.54, 1.807) is 5.56 Å². The lowest BCUT2D eigenvalue weighted by Gasteiger charge is -2.22. The third kappa shape index (κ3) is 2.68. The van der Waals surface area contributed by atoms with Crippen molar-refractivity contribution in [3.05, 3.63) is 29.7 Å². The molecule has 0 saturated carbocycles. The summed E-state index contributed by atoms with van der Waals surface area (Å²) in [5.41, 5.74) is 4.29. The fourth-order valence-electron chi connectivity index (χ4n) is 3.44. The molecular formula is C17H24N2. The Morgan fingerprint density at radius 1 is 1.32 bits per heavy atom. The number of hydrogen-bond acceptors (Lipinski definition) is 1. The molecule has 1 N–H and O–H groups in total. The van der Waals surface area contributed by atoms with Crippen LogP contribution in [0.1, 0.15) is 56.7 Å². The number of nitrogens with zero attached hydrogens (tertiary/aromatic N) is 1. The van der Waals surface area contributed by atoms with Gasteiger partial charge in [0.15, 0.2) is 0 Å². The topological polar surface area (TPSA) is 28.7 Å². The summed E-state index contributed by atoms with van der Waals surface area (Å²) in [5.74, 6) is 0.892. The third-order valence-corrected chi connectivity index (χ3v) is 4.56. The maximum absolute atomic E-state index is 4.28. The predicted molar refractivity (Wildman–Crippen MR) is 80.4 cm³/mol. The lowest BCUT2D eigenvalue weighted by molar-refractivity contribution is 0.405. The highest BCUT2D eigenvalue weighted by molar-refractivity contribution is 5.83. The molecule has 1 unspecified atom stereocenters. The summed E-state index contributed by atoms with van der Waals surface area (Å²) in [6, 6.07) is 2.10. The summed E-state index contributed by atoms with van der Waals surface area (Å²) in [6.07, 6.45) is 14.7. The first-order chi connectivity index (χ1) is 9.38. The van der Waals surface area contributed by atoms with Crippen molar-refractivity contribution in [2.45, 2.75) is 58.3 Å². The lowest BCUT2D eigenvalue weighted by atomic mass is 9.83. The predicted octanol–water partition coefficient (Wildman–Crippen LogP) is 4.64. The van der Waals surface area contributed by atoms with Gasteiger partial charge in [-0.15, -0.1) is 0 Å². The average Bonchev–Trinajstić information content (AvgIpc) is 2.82. The van der Waals surface area contributed by atoms with Crippen LogP contribution in [0.25, 0.3) is 10.9 Å². The average molecular weight is 256 g/mol. The molecule has 102 valence electrons. The van der Waals surface area contributed by atoms with Gasteiger partial charge in [0.05, 0.1) is 0 Å². The molecule has 2 heterocycles. The first-order valence-corrected chi connectivity index (χ1v) is 7.82. The van der Waals surface area contributed by atoms with Gasteiger partial charge in [-0.2, -0.15) is 0 Å². The second-order valence-electron chi connectivity index (χ2n) is 5.96. The molecule has 2 aromatic rings. The number of aromatic amines is 1. The maximum atomic E-state index is 4.28. The van der Waals surface area contributed by atoms with Crippen molar-refractivity contribution in [2.75, 3.05) is 0 Å². The van der Waals surface area contributed by atoms with Crippen molar-refractivity contribution in [1.29, 1.82) is 0 Å². The number of rotatable bonds is 5. The van der Waals surface area contributed by atoms with E-state index in [1.165, 1.54) is 68.0 Å². The van der Waals surface area contributed by atoms with Gasteiger partial charge < -0.3 is 4.98 Å². The van der Waals surface area contributed by atoms with E-state index in [-0.39, 0.29) is 0 Å². The van der Waals surface area contributed by atoms with E-state index in [1.807, 2.05) is 12.4 Å². The molecule has 2 aromatic heterocycles. The summed E-state index contributed by atoms with van der Waals surface area (Å²) >= 11 is 0. The van der Waals surface area contributed by atoms with Gasteiger partial charge in [0, 0.05) is 29.0 Å². The van der Waals surface area contributed by atoms with Crippen LogP contribution >= 0.6 is 0 Å². The maximum Gasteiger partial charge on any atom is 0.0490 e. The summed E-state index contributed by atoms with van der Waals surface area (Å²) in [6.45, 7) is 2.28. The van der Waals surface area contributed by atoms with Crippen LogP contribution in [-0.4, -0.2) is 9.97 Å². The Bertz CT molecular complexity index is 541. The zero-order valence-electron chi connectivity index (χ0n) is 11.9. The minimum Gasteiger partial charge on any atom is -0.358 e. The van der Waals surface area contributed by atoms with Gasteiger partial charge in [-0.05, 0) is 36.8 Å². The van der Waals surface area contributed by atoms with E-state index in [4.69, 9.17) is 0 Å². The van der Waals surface area contributed by atoms with Crippen molar-refractivity contribution in [1.82, 2.24) is 9.97 Å². The monoisotopic (exact) mass is 256 g/mol. The van der Waals surface area contributed by atoms with Crippen molar-refractivity contribution in [3.63, 3.8) is 0 Å². The summed E-state index contributed by atoms with van der Waals surface area (Å²) in [4.78, 5) is 7.86. The molecule has 1 aliphatic carbocycles. The van der Waals surface area contributed by atoms with Crippen molar-refractivity contribution >= 4 is 10.9 Å². The quantitative estimate of drug-likeness (QED) is 0.776. The smallest absolute Gasteiger partial charge is 0.0490 e. The Morgan fingerprint density at radius 3 is 3.16 bits per heavy atom. The van der Waals surface area contributed by atoms with Crippen LogP contribution in [0, 0.1) is 5.92 Å². The molecule has 3 rings (SSSR count). The van der Waals surface area contributed by atoms with Gasteiger partial charge in [-0.3, -0.25) is 4.98 Å². The first kappa shape index (κ1) is 12.7. The minimum absolute atomic E-state index is 0.892. The van der Waals surface area contributed by atoms with E-state index in [0.717, 1.165) is 5.92 Å². The number of H-pyrrole nitrogens is 1. The van der Waals surface area contributed by atoms with E-state index in [0.29, 0.717) is 0 Å². The van der Waals surface area contributed by atoms with Crippen LogP contribution in [-0.2, 0) is 12.8 Å². The molecule has 0 amide bonds. The molecule has 0 saturated heterocycles. The highest BCUT2D eigenvalue weighted by Gasteiger charge is 2.22. The van der Waals surface area contributed by atoms with E-state index in [9.17, 15) is 0 Å². The van der Waals surface area contributed by atoms with Crippen LogP contribution in [0.2, 0.25) is 0 Å². The van der Waals surface area contributed by atoms with Crippen molar-refractivity contribution in [3.8, 4) is 0 Å². The van der Waals surface area contributed by atoms with Gasteiger partial charge in [0.25, 0.3) is 0 Å². The fraction of sp³-hybridized carbons (Fsp3) is 0.588. The van der Waals surface area contributed by atoms with Gasteiger partial charge in [0.1, 0.15) is 0 Å². The Labute approximate surface area is 115 Å². The molecular weight excluding hydrogens is 232 g/mol. The Balaban J connectivity index is 1.69. The molecule has 0 fully saturated rings. The zero-order valence-corrected chi connectivity index (χ0v) is 11.9. The number of pyridine rings is 1. The second-order valence-corrected chi connectivity index (χ2v) is 5.96. The number of nitrogens with one attached hydrogen (secondary N) is 1.